The lowest BCUT2D eigenvalue weighted by Crippen LogP contribution is -2.17. The third-order valence-electron chi connectivity index (χ3n) is 3.07. The summed E-state index contributed by atoms with van der Waals surface area (Å²) in [5, 5.41) is 13.7. The number of hydrogen-bond donors (Lipinski definition) is 1. The van der Waals surface area contributed by atoms with Gasteiger partial charge in [-0.05, 0) is 31.2 Å². The minimum absolute atomic E-state index is 0.144. The quantitative estimate of drug-likeness (QED) is 0.505. The van der Waals surface area contributed by atoms with E-state index in [1.807, 2.05) is 0 Å². The van der Waals surface area contributed by atoms with Gasteiger partial charge >= 0.3 is 5.97 Å². The summed E-state index contributed by atoms with van der Waals surface area (Å²) in [6.45, 7) is 1.85. The molecule has 0 bridgehead atoms. The van der Waals surface area contributed by atoms with Crippen molar-refractivity contribution in [2.45, 2.75) is 6.92 Å². The van der Waals surface area contributed by atoms with Crippen LogP contribution in [0.25, 0.3) is 0 Å². The van der Waals surface area contributed by atoms with Crippen molar-refractivity contribution in [3.63, 3.8) is 0 Å². The highest BCUT2D eigenvalue weighted by Gasteiger charge is 2.22. The molecule has 0 saturated heterocycles. The number of halogens is 1. The summed E-state index contributed by atoms with van der Waals surface area (Å²) in [6.07, 6.45) is 0. The number of carbonyl (C=O) groups excluding carboxylic acids is 2. The Morgan fingerprint density at radius 3 is 2.58 bits per heavy atom. The third-order valence-corrected chi connectivity index (χ3v) is 3.31. The summed E-state index contributed by atoms with van der Waals surface area (Å²) in [5.74, 6) is -1.32. The molecule has 0 atom stereocenters. The van der Waals surface area contributed by atoms with E-state index in [2.05, 4.69) is 5.32 Å². The first-order chi connectivity index (χ1) is 11.4. The van der Waals surface area contributed by atoms with Gasteiger partial charge in [0.2, 0.25) is 0 Å². The molecule has 0 unspecified atom stereocenters. The summed E-state index contributed by atoms with van der Waals surface area (Å²) in [7, 11) is 0. The lowest BCUT2D eigenvalue weighted by Gasteiger charge is -2.10. The molecule has 0 heterocycles. The van der Waals surface area contributed by atoms with Gasteiger partial charge < -0.3 is 10.1 Å². The minimum Gasteiger partial charge on any atom is -0.462 e. The molecule has 1 N–H and O–H groups in total. The van der Waals surface area contributed by atoms with Gasteiger partial charge in [0.1, 0.15) is 5.56 Å². The van der Waals surface area contributed by atoms with Crippen LogP contribution in [0.1, 0.15) is 27.6 Å². The van der Waals surface area contributed by atoms with Crippen LogP contribution in [0, 0.1) is 10.1 Å². The zero-order valence-corrected chi connectivity index (χ0v) is 13.4. The second kappa shape index (κ2) is 7.56. The van der Waals surface area contributed by atoms with Gasteiger partial charge in [0.25, 0.3) is 11.6 Å². The SMILES string of the molecule is CCOC(=O)c1ccccc1NC(=O)c1ccc(Cl)cc1[N+](=O)[O-]. The molecule has 2 aromatic carbocycles. The zero-order valence-electron chi connectivity index (χ0n) is 12.6. The predicted molar refractivity (Wildman–Crippen MR) is 88.5 cm³/mol. The molecule has 0 aromatic heterocycles. The molecule has 0 radical (unpaired) electrons. The van der Waals surface area contributed by atoms with Crippen LogP contribution in [-0.2, 0) is 4.74 Å². The Kier molecular flexibility index (Phi) is 5.49. The van der Waals surface area contributed by atoms with Gasteiger partial charge in [-0.25, -0.2) is 4.79 Å². The van der Waals surface area contributed by atoms with E-state index in [0.717, 1.165) is 6.07 Å². The molecule has 0 spiro atoms. The van der Waals surface area contributed by atoms with Crippen LogP contribution in [0.4, 0.5) is 11.4 Å². The molecule has 0 saturated carbocycles. The number of para-hydroxylation sites is 1. The fourth-order valence-electron chi connectivity index (χ4n) is 2.02. The Balaban J connectivity index is 2.35. The van der Waals surface area contributed by atoms with E-state index in [1.54, 1.807) is 19.1 Å². The summed E-state index contributed by atoms with van der Waals surface area (Å²) in [5.41, 5.74) is -0.230. The first kappa shape index (κ1) is 17.4. The number of benzene rings is 2. The number of nitro benzene ring substituents is 1. The van der Waals surface area contributed by atoms with Crippen LogP contribution in [0.2, 0.25) is 5.02 Å². The van der Waals surface area contributed by atoms with Crippen molar-refractivity contribution in [2.24, 2.45) is 0 Å². The maximum atomic E-state index is 12.4. The number of anilines is 1. The van der Waals surface area contributed by atoms with Crippen LogP contribution >= 0.6 is 11.6 Å². The van der Waals surface area contributed by atoms with Crippen molar-refractivity contribution in [3.8, 4) is 0 Å². The van der Waals surface area contributed by atoms with Crippen molar-refractivity contribution in [3.05, 3.63) is 68.7 Å². The van der Waals surface area contributed by atoms with Crippen molar-refractivity contribution in [1.29, 1.82) is 0 Å². The maximum Gasteiger partial charge on any atom is 0.340 e. The third kappa shape index (κ3) is 3.88. The predicted octanol–water partition coefficient (Wildman–Crippen LogP) is 3.68. The molecule has 1 amide bonds. The monoisotopic (exact) mass is 348 g/mol. The summed E-state index contributed by atoms with van der Waals surface area (Å²) in [6, 6.07) is 9.95. The smallest absolute Gasteiger partial charge is 0.340 e. The van der Waals surface area contributed by atoms with E-state index in [4.69, 9.17) is 16.3 Å². The molecule has 2 aromatic rings. The van der Waals surface area contributed by atoms with Crippen LogP contribution in [0.15, 0.2) is 42.5 Å². The molecule has 24 heavy (non-hydrogen) atoms. The average molecular weight is 349 g/mol. The molecule has 7 nitrogen and oxygen atoms in total. The number of nitro groups is 1. The number of carbonyl (C=O) groups is 2. The van der Waals surface area contributed by atoms with Crippen LogP contribution < -0.4 is 5.32 Å². The van der Waals surface area contributed by atoms with Gasteiger partial charge in [0.15, 0.2) is 0 Å². The van der Waals surface area contributed by atoms with E-state index in [1.165, 1.54) is 24.3 Å². The van der Waals surface area contributed by atoms with Gasteiger partial charge in [-0.3, -0.25) is 14.9 Å². The first-order valence-corrected chi connectivity index (χ1v) is 7.33. The van der Waals surface area contributed by atoms with Gasteiger partial charge in [0.05, 0.1) is 22.8 Å². The van der Waals surface area contributed by atoms with E-state index >= 15 is 0 Å². The number of rotatable bonds is 5. The Bertz CT molecular complexity index is 807. The van der Waals surface area contributed by atoms with Gasteiger partial charge in [0, 0.05) is 11.1 Å². The number of nitrogens with zero attached hydrogens (tertiary/aromatic N) is 1. The highest BCUT2D eigenvalue weighted by Crippen LogP contribution is 2.25. The number of esters is 1. The van der Waals surface area contributed by atoms with Gasteiger partial charge in [-0.15, -0.1) is 0 Å². The minimum atomic E-state index is -0.727. The Morgan fingerprint density at radius 2 is 1.92 bits per heavy atom. The summed E-state index contributed by atoms with van der Waals surface area (Å²) in [4.78, 5) is 34.7. The largest absolute Gasteiger partial charge is 0.462 e. The van der Waals surface area contributed by atoms with Crippen LogP contribution in [0.5, 0.6) is 0 Å². The summed E-state index contributed by atoms with van der Waals surface area (Å²) >= 11 is 5.73. The molecular weight excluding hydrogens is 336 g/mol. The van der Waals surface area contributed by atoms with Crippen molar-refractivity contribution in [2.75, 3.05) is 11.9 Å². The lowest BCUT2D eigenvalue weighted by atomic mass is 10.1. The molecule has 0 aliphatic rings. The van der Waals surface area contributed by atoms with Crippen molar-refractivity contribution in [1.82, 2.24) is 0 Å². The number of nitrogens with one attached hydrogen (secondary N) is 1. The fraction of sp³-hybridized carbons (Fsp3) is 0.125. The second-order valence-electron chi connectivity index (χ2n) is 4.64. The first-order valence-electron chi connectivity index (χ1n) is 6.95. The molecule has 8 heteroatoms. The number of amides is 1. The standard InChI is InChI=1S/C16H13ClN2O5/c1-2-24-16(21)11-5-3-4-6-13(11)18-15(20)12-8-7-10(17)9-14(12)19(22)23/h3-9H,2H2,1H3,(H,18,20). The Hall–Kier alpha value is -2.93. The summed E-state index contributed by atoms with van der Waals surface area (Å²) < 4.78 is 4.92. The highest BCUT2D eigenvalue weighted by atomic mass is 35.5. The molecule has 0 aliphatic heterocycles. The van der Waals surface area contributed by atoms with Gasteiger partial charge in [-0.1, -0.05) is 23.7 Å². The lowest BCUT2D eigenvalue weighted by molar-refractivity contribution is -0.385. The van der Waals surface area contributed by atoms with Gasteiger partial charge in [-0.2, -0.15) is 0 Å². The number of hydrogen-bond acceptors (Lipinski definition) is 5. The average Bonchev–Trinajstić information content (AvgIpc) is 2.55. The Labute approximate surface area is 142 Å². The second-order valence-corrected chi connectivity index (χ2v) is 5.08. The van der Waals surface area contributed by atoms with E-state index < -0.39 is 22.5 Å². The molecular formula is C16H13ClN2O5. The van der Waals surface area contributed by atoms with Crippen molar-refractivity contribution >= 4 is 34.9 Å². The number of ether oxygens (including phenoxy) is 1. The maximum absolute atomic E-state index is 12.4. The fourth-order valence-corrected chi connectivity index (χ4v) is 2.18. The molecule has 0 fully saturated rings. The normalized spacial score (nSPS) is 10.1. The van der Waals surface area contributed by atoms with Crippen LogP contribution in [-0.4, -0.2) is 23.4 Å². The molecule has 124 valence electrons. The van der Waals surface area contributed by atoms with E-state index in [-0.39, 0.29) is 28.4 Å². The van der Waals surface area contributed by atoms with E-state index in [9.17, 15) is 19.7 Å². The Morgan fingerprint density at radius 1 is 1.21 bits per heavy atom. The topological polar surface area (TPSA) is 98.5 Å². The molecule has 2 rings (SSSR count). The van der Waals surface area contributed by atoms with Crippen LogP contribution in [0.3, 0.4) is 0 Å². The van der Waals surface area contributed by atoms with E-state index in [0.29, 0.717) is 0 Å². The van der Waals surface area contributed by atoms with Crippen molar-refractivity contribution < 1.29 is 19.2 Å². The molecule has 0 aliphatic carbocycles. The highest BCUT2D eigenvalue weighted by molar-refractivity contribution is 6.31. The zero-order chi connectivity index (χ0) is 17.7.